The lowest BCUT2D eigenvalue weighted by molar-refractivity contribution is -0.255. The molecule has 28 heavy (non-hydrogen) atoms. The summed E-state index contributed by atoms with van der Waals surface area (Å²) in [6, 6.07) is 8.57. The number of carboxylic acids is 1. The van der Waals surface area contributed by atoms with E-state index < -0.39 is 29.2 Å². The molecular formula is C21H19N2O5-. The molecule has 1 heterocycles. The molecule has 3 amide bonds. The molecule has 2 aromatic carbocycles. The van der Waals surface area contributed by atoms with Gasteiger partial charge in [-0.25, -0.2) is 0 Å². The zero-order valence-corrected chi connectivity index (χ0v) is 16.0. The van der Waals surface area contributed by atoms with Crippen LogP contribution >= 0.6 is 0 Å². The standard InChI is InChI=1S/C21H20N2O5/c1-11-5-6-13(20(27)28)10-16(11)22-17(24)12-7-8-14-15(9-12)19(26)23(18(14)25)21(2,3)4/h5-10H,1-4H3,(H,22,24)(H,27,28)/p-1. The first-order chi connectivity index (χ1) is 13.0. The number of hydrogen-bond acceptors (Lipinski definition) is 5. The molecule has 0 unspecified atom stereocenters. The van der Waals surface area contributed by atoms with Gasteiger partial charge in [-0.2, -0.15) is 0 Å². The van der Waals surface area contributed by atoms with Crippen LogP contribution in [0.3, 0.4) is 0 Å². The van der Waals surface area contributed by atoms with E-state index in [9.17, 15) is 24.3 Å². The molecular weight excluding hydrogens is 360 g/mol. The maximum Gasteiger partial charge on any atom is 0.262 e. The van der Waals surface area contributed by atoms with Crippen LogP contribution in [-0.4, -0.2) is 34.1 Å². The second kappa shape index (κ2) is 6.60. The van der Waals surface area contributed by atoms with Crippen LogP contribution in [0.1, 0.15) is 67.8 Å². The first-order valence-corrected chi connectivity index (χ1v) is 8.67. The van der Waals surface area contributed by atoms with Gasteiger partial charge in [0, 0.05) is 16.8 Å². The van der Waals surface area contributed by atoms with E-state index in [1.54, 1.807) is 33.8 Å². The number of carboxylic acid groups (broad SMARTS) is 1. The molecule has 0 fully saturated rings. The molecule has 0 saturated carbocycles. The Bertz CT molecular complexity index is 1030. The second-order valence-corrected chi connectivity index (χ2v) is 7.65. The summed E-state index contributed by atoms with van der Waals surface area (Å²) < 4.78 is 0. The van der Waals surface area contributed by atoms with Gasteiger partial charge >= 0.3 is 0 Å². The summed E-state index contributed by atoms with van der Waals surface area (Å²) in [4.78, 5) is 50.0. The number of hydrogen-bond donors (Lipinski definition) is 1. The van der Waals surface area contributed by atoms with Gasteiger partial charge < -0.3 is 15.2 Å². The molecule has 144 valence electrons. The quantitative estimate of drug-likeness (QED) is 0.821. The summed E-state index contributed by atoms with van der Waals surface area (Å²) in [5, 5.41) is 13.7. The molecule has 0 aromatic heterocycles. The number of aryl methyl sites for hydroxylation is 1. The molecule has 0 spiro atoms. The van der Waals surface area contributed by atoms with Gasteiger partial charge in [0.2, 0.25) is 0 Å². The largest absolute Gasteiger partial charge is 0.545 e. The average molecular weight is 379 g/mol. The zero-order chi connectivity index (χ0) is 20.8. The van der Waals surface area contributed by atoms with Crippen molar-refractivity contribution in [2.45, 2.75) is 33.2 Å². The molecule has 0 bridgehead atoms. The van der Waals surface area contributed by atoms with E-state index in [2.05, 4.69) is 5.32 Å². The van der Waals surface area contributed by atoms with Crippen molar-refractivity contribution in [2.75, 3.05) is 5.32 Å². The van der Waals surface area contributed by atoms with Crippen LogP contribution in [0.2, 0.25) is 0 Å². The van der Waals surface area contributed by atoms with Crippen LogP contribution in [0, 0.1) is 6.92 Å². The molecule has 7 heteroatoms. The van der Waals surface area contributed by atoms with Gasteiger partial charge in [0.15, 0.2) is 0 Å². The van der Waals surface area contributed by atoms with Gasteiger partial charge in [-0.3, -0.25) is 19.3 Å². The number of aromatic carboxylic acids is 1. The normalized spacial score (nSPS) is 13.5. The molecule has 2 aromatic rings. The lowest BCUT2D eigenvalue weighted by Gasteiger charge is -2.29. The summed E-state index contributed by atoms with van der Waals surface area (Å²) in [5.74, 6) is -2.70. The molecule has 0 saturated heterocycles. The first kappa shape index (κ1) is 19.3. The molecule has 0 radical (unpaired) electrons. The molecule has 1 aliphatic heterocycles. The fraction of sp³-hybridized carbons (Fsp3) is 0.238. The maximum absolute atomic E-state index is 12.7. The number of amides is 3. The number of imide groups is 1. The third kappa shape index (κ3) is 3.26. The Labute approximate surface area is 162 Å². The van der Waals surface area contributed by atoms with Crippen molar-refractivity contribution in [3.8, 4) is 0 Å². The Hall–Kier alpha value is -3.48. The summed E-state index contributed by atoms with van der Waals surface area (Å²) in [5.41, 5.74) is 0.873. The fourth-order valence-electron chi connectivity index (χ4n) is 3.07. The predicted molar refractivity (Wildman–Crippen MR) is 100 cm³/mol. The van der Waals surface area contributed by atoms with E-state index in [0.29, 0.717) is 11.3 Å². The first-order valence-electron chi connectivity index (χ1n) is 8.67. The van der Waals surface area contributed by atoms with Gasteiger partial charge in [0.1, 0.15) is 0 Å². The zero-order valence-electron chi connectivity index (χ0n) is 16.0. The van der Waals surface area contributed by atoms with E-state index in [4.69, 9.17) is 0 Å². The highest BCUT2D eigenvalue weighted by Crippen LogP contribution is 2.30. The van der Waals surface area contributed by atoms with Gasteiger partial charge in [0.05, 0.1) is 17.1 Å². The molecule has 1 N–H and O–H groups in total. The fourth-order valence-corrected chi connectivity index (χ4v) is 3.07. The van der Waals surface area contributed by atoms with Crippen LogP contribution in [0.15, 0.2) is 36.4 Å². The summed E-state index contributed by atoms with van der Waals surface area (Å²) in [6.45, 7) is 7.00. The predicted octanol–water partition coefficient (Wildman–Crippen LogP) is 2.01. The van der Waals surface area contributed by atoms with Crippen LogP contribution in [-0.2, 0) is 0 Å². The average Bonchev–Trinajstić information content (AvgIpc) is 2.86. The maximum atomic E-state index is 12.7. The molecule has 7 nitrogen and oxygen atoms in total. The summed E-state index contributed by atoms with van der Waals surface area (Å²) in [7, 11) is 0. The molecule has 0 aliphatic carbocycles. The minimum Gasteiger partial charge on any atom is -0.545 e. The highest BCUT2D eigenvalue weighted by atomic mass is 16.4. The van der Waals surface area contributed by atoms with Crippen molar-refractivity contribution < 1.29 is 24.3 Å². The van der Waals surface area contributed by atoms with Crippen LogP contribution in [0.4, 0.5) is 5.69 Å². The minimum atomic E-state index is -1.35. The van der Waals surface area contributed by atoms with E-state index >= 15 is 0 Å². The van der Waals surface area contributed by atoms with Crippen molar-refractivity contribution in [1.29, 1.82) is 0 Å². The highest BCUT2D eigenvalue weighted by Gasteiger charge is 2.42. The highest BCUT2D eigenvalue weighted by molar-refractivity contribution is 6.22. The van der Waals surface area contributed by atoms with Gasteiger partial charge in [-0.15, -0.1) is 0 Å². The minimum absolute atomic E-state index is 0.0588. The van der Waals surface area contributed by atoms with Crippen LogP contribution in [0.25, 0.3) is 0 Å². The van der Waals surface area contributed by atoms with Crippen molar-refractivity contribution in [3.05, 3.63) is 64.2 Å². The number of carbonyl (C=O) groups excluding carboxylic acids is 4. The van der Waals surface area contributed by atoms with Crippen LogP contribution < -0.4 is 10.4 Å². The SMILES string of the molecule is Cc1ccc(C(=O)[O-])cc1NC(=O)c1ccc2c(c1)C(=O)N(C(C)(C)C)C2=O. The van der Waals surface area contributed by atoms with E-state index in [-0.39, 0.29) is 22.3 Å². The number of benzene rings is 2. The van der Waals surface area contributed by atoms with E-state index in [1.165, 1.54) is 35.2 Å². The Balaban J connectivity index is 1.92. The number of carbonyl (C=O) groups is 4. The van der Waals surface area contributed by atoms with Crippen molar-refractivity contribution in [3.63, 3.8) is 0 Å². The number of nitrogens with zero attached hydrogens (tertiary/aromatic N) is 1. The lowest BCUT2D eigenvalue weighted by Crippen LogP contribution is -2.45. The van der Waals surface area contributed by atoms with Gasteiger partial charge in [0.25, 0.3) is 17.7 Å². The molecule has 0 atom stereocenters. The molecule has 1 aliphatic rings. The van der Waals surface area contributed by atoms with Crippen molar-refractivity contribution in [1.82, 2.24) is 4.90 Å². The Morgan fingerprint density at radius 3 is 2.14 bits per heavy atom. The Kier molecular flexibility index (Phi) is 4.54. The summed E-state index contributed by atoms with van der Waals surface area (Å²) >= 11 is 0. The second-order valence-electron chi connectivity index (χ2n) is 7.65. The van der Waals surface area contributed by atoms with Gasteiger partial charge in [-0.05, 0) is 63.1 Å². The number of fused-ring (bicyclic) bond motifs is 1. The smallest absolute Gasteiger partial charge is 0.262 e. The number of anilines is 1. The Morgan fingerprint density at radius 2 is 1.54 bits per heavy atom. The number of nitrogens with one attached hydrogen (secondary N) is 1. The third-order valence-electron chi connectivity index (χ3n) is 4.54. The van der Waals surface area contributed by atoms with Crippen molar-refractivity contribution in [2.24, 2.45) is 0 Å². The van der Waals surface area contributed by atoms with Crippen molar-refractivity contribution >= 4 is 29.4 Å². The monoisotopic (exact) mass is 379 g/mol. The Morgan fingerprint density at radius 1 is 0.929 bits per heavy atom. The topological polar surface area (TPSA) is 107 Å². The summed E-state index contributed by atoms with van der Waals surface area (Å²) in [6.07, 6.45) is 0. The number of rotatable bonds is 3. The van der Waals surface area contributed by atoms with E-state index in [1.807, 2.05) is 0 Å². The third-order valence-corrected chi connectivity index (χ3v) is 4.54. The molecule has 3 rings (SSSR count). The lowest BCUT2D eigenvalue weighted by atomic mass is 10.0. The van der Waals surface area contributed by atoms with Gasteiger partial charge in [-0.1, -0.05) is 12.1 Å². The van der Waals surface area contributed by atoms with E-state index in [0.717, 1.165) is 0 Å². The van der Waals surface area contributed by atoms with Crippen LogP contribution in [0.5, 0.6) is 0 Å².